The third-order valence-corrected chi connectivity index (χ3v) is 5.46. The normalized spacial score (nSPS) is 15.1. The van der Waals surface area contributed by atoms with Gasteiger partial charge < -0.3 is 9.47 Å². The summed E-state index contributed by atoms with van der Waals surface area (Å²) in [5.74, 6) is 1.62. The van der Waals surface area contributed by atoms with Crippen molar-refractivity contribution in [2.24, 2.45) is 0 Å². The quantitative estimate of drug-likeness (QED) is 0.655. The van der Waals surface area contributed by atoms with Crippen LogP contribution in [-0.4, -0.2) is 10.1 Å². The molecular weight excluding hydrogens is 400 g/mol. The highest BCUT2D eigenvalue weighted by molar-refractivity contribution is 7.93. The molecule has 6 nitrogen and oxygen atoms in total. The molecule has 0 spiro atoms. The number of rotatable bonds is 6. The lowest BCUT2D eigenvalue weighted by Gasteiger charge is -2.10. The molecule has 0 fully saturated rings. The second kappa shape index (κ2) is 8.64. The molecule has 30 heavy (non-hydrogen) atoms. The van der Waals surface area contributed by atoms with Gasteiger partial charge in [-0.1, -0.05) is 24.3 Å². The topological polar surface area (TPSA) is 88.4 Å². The molecule has 0 aromatic heterocycles. The van der Waals surface area contributed by atoms with Crippen molar-refractivity contribution in [3.05, 3.63) is 95.6 Å². The smallest absolute Gasteiger partial charge is 0.257 e. The van der Waals surface area contributed by atoms with Gasteiger partial charge in [0.25, 0.3) is 5.91 Å². The highest BCUT2D eigenvalue weighted by Crippen LogP contribution is 2.25. The van der Waals surface area contributed by atoms with E-state index in [9.17, 15) is 9.00 Å². The molecule has 1 aliphatic heterocycles. The van der Waals surface area contributed by atoms with Gasteiger partial charge >= 0.3 is 0 Å². The Balaban J connectivity index is 1.38. The zero-order chi connectivity index (χ0) is 20.9. The predicted octanol–water partition coefficient (Wildman–Crippen LogP) is 4.06. The van der Waals surface area contributed by atoms with Crippen molar-refractivity contribution >= 4 is 21.8 Å². The third-order valence-electron chi connectivity index (χ3n) is 4.32. The van der Waals surface area contributed by atoms with Crippen molar-refractivity contribution in [2.75, 3.05) is 0 Å². The average Bonchev–Trinajstić information content (AvgIpc) is 3.11. The molecule has 0 bridgehead atoms. The summed E-state index contributed by atoms with van der Waals surface area (Å²) in [5, 5.41) is 8.86. The van der Waals surface area contributed by atoms with Crippen LogP contribution in [0.3, 0.4) is 0 Å². The minimum Gasteiger partial charge on any atom is -0.489 e. The van der Waals surface area contributed by atoms with Crippen molar-refractivity contribution in [1.82, 2.24) is 4.72 Å². The Labute approximate surface area is 176 Å². The van der Waals surface area contributed by atoms with Crippen LogP contribution in [0, 0.1) is 11.3 Å². The Morgan fingerprint density at radius 1 is 0.933 bits per heavy atom. The number of amides is 1. The first-order valence-corrected chi connectivity index (χ1v) is 10.2. The van der Waals surface area contributed by atoms with Crippen molar-refractivity contribution in [2.45, 2.75) is 6.61 Å². The summed E-state index contributed by atoms with van der Waals surface area (Å²) in [6.45, 7) is 0.346. The van der Waals surface area contributed by atoms with Crippen molar-refractivity contribution < 1.29 is 18.5 Å². The minimum absolute atomic E-state index is 0.346. The fourth-order valence-corrected chi connectivity index (χ4v) is 3.77. The first-order valence-electron chi connectivity index (χ1n) is 9.05. The summed E-state index contributed by atoms with van der Waals surface area (Å²) in [5.41, 5.74) is 2.21. The van der Waals surface area contributed by atoms with Crippen LogP contribution < -0.4 is 14.2 Å². The molecule has 1 amide bonds. The van der Waals surface area contributed by atoms with E-state index >= 15 is 0 Å². The molecule has 1 heterocycles. The summed E-state index contributed by atoms with van der Waals surface area (Å²) in [6.07, 6.45) is 1.34. The van der Waals surface area contributed by atoms with Gasteiger partial charge in [0.15, 0.2) is 11.0 Å². The van der Waals surface area contributed by atoms with Crippen LogP contribution in [0.25, 0.3) is 4.91 Å². The largest absolute Gasteiger partial charge is 0.489 e. The van der Waals surface area contributed by atoms with Crippen molar-refractivity contribution in [3.63, 3.8) is 0 Å². The van der Waals surface area contributed by atoms with Crippen LogP contribution >= 0.6 is 0 Å². The molecule has 7 heteroatoms. The van der Waals surface area contributed by atoms with E-state index in [1.165, 1.54) is 6.08 Å². The second-order valence-electron chi connectivity index (χ2n) is 6.44. The summed E-state index contributed by atoms with van der Waals surface area (Å²) < 4.78 is 25.8. The van der Waals surface area contributed by atoms with Crippen molar-refractivity contribution in [3.8, 4) is 23.3 Å². The summed E-state index contributed by atoms with van der Waals surface area (Å²) in [7, 11) is -1.51. The first kappa shape index (κ1) is 19.4. The lowest BCUT2D eigenvalue weighted by atomic mass is 10.2. The van der Waals surface area contributed by atoms with Gasteiger partial charge in [-0.15, -0.1) is 0 Å². The van der Waals surface area contributed by atoms with Crippen molar-refractivity contribution in [1.29, 1.82) is 5.26 Å². The molecule has 0 radical (unpaired) electrons. The number of ether oxygens (including phenoxy) is 2. The van der Waals surface area contributed by atoms with Gasteiger partial charge in [-0.25, -0.2) is 4.21 Å². The Morgan fingerprint density at radius 2 is 1.67 bits per heavy atom. The Bertz CT molecular complexity index is 1180. The van der Waals surface area contributed by atoms with E-state index in [2.05, 4.69) is 10.8 Å². The van der Waals surface area contributed by atoms with E-state index in [1.54, 1.807) is 48.5 Å². The maximum Gasteiger partial charge on any atom is 0.257 e. The number of hydrogen-bond donors (Lipinski definition) is 1. The number of nitrogens with zero attached hydrogens (tertiary/aromatic N) is 1. The van der Waals surface area contributed by atoms with E-state index in [1.807, 2.05) is 24.3 Å². The molecule has 3 aromatic rings. The Kier molecular flexibility index (Phi) is 5.59. The van der Waals surface area contributed by atoms with Crippen LogP contribution in [0.4, 0.5) is 0 Å². The highest BCUT2D eigenvalue weighted by Gasteiger charge is 2.20. The molecule has 0 aliphatic carbocycles. The van der Waals surface area contributed by atoms with Gasteiger partial charge in [0.05, 0.1) is 16.5 Å². The Hall–Kier alpha value is -3.89. The van der Waals surface area contributed by atoms with Gasteiger partial charge in [-0.2, -0.15) is 5.26 Å². The molecule has 4 rings (SSSR count). The minimum atomic E-state index is -1.51. The lowest BCUT2D eigenvalue weighted by molar-refractivity contribution is -0.114. The molecule has 1 aliphatic rings. The van der Waals surface area contributed by atoms with Crippen LogP contribution in [-0.2, 0) is 22.4 Å². The molecule has 1 N–H and O–H groups in total. The third kappa shape index (κ3) is 4.57. The number of nitrogens with one attached hydrogen (secondary N) is 1. The van der Waals surface area contributed by atoms with E-state index < -0.39 is 11.0 Å². The summed E-state index contributed by atoms with van der Waals surface area (Å²) in [6, 6.07) is 23.6. The van der Waals surface area contributed by atoms with Gasteiger partial charge in [0.1, 0.15) is 23.9 Å². The molecule has 1 atom stereocenters. The maximum absolute atomic E-state index is 11.8. The zero-order valence-corrected chi connectivity index (χ0v) is 16.5. The van der Waals surface area contributed by atoms with Gasteiger partial charge in [-0.3, -0.25) is 9.52 Å². The molecule has 0 saturated carbocycles. The standard InChI is InChI=1S/C23H16N2O4S/c24-14-16-4-8-20(9-5-16)29-21-3-1-2-17(12-21)15-28-19-10-6-18(7-11-19)22-13-23(26)25-30(22)27/h1-13H,15H2,(H,25,26). The fraction of sp³-hybridized carbons (Fsp3) is 0.0435. The number of carbonyl (C=O) groups excluding carboxylic acids is 1. The first-order chi connectivity index (χ1) is 14.6. The SMILES string of the molecule is N#Cc1ccc(Oc2cccc(COc3ccc(C4=CC(=O)NS4=O)cc3)c2)cc1. The summed E-state index contributed by atoms with van der Waals surface area (Å²) >= 11 is 0. The average molecular weight is 416 g/mol. The van der Waals surface area contributed by atoms with Crippen LogP contribution in [0.5, 0.6) is 17.2 Å². The monoisotopic (exact) mass is 416 g/mol. The number of benzene rings is 3. The lowest BCUT2D eigenvalue weighted by Crippen LogP contribution is -2.16. The maximum atomic E-state index is 11.8. The molecule has 1 unspecified atom stereocenters. The zero-order valence-electron chi connectivity index (χ0n) is 15.7. The molecule has 0 saturated heterocycles. The number of carbonyl (C=O) groups is 1. The van der Waals surface area contributed by atoms with E-state index in [0.717, 1.165) is 5.56 Å². The number of hydrogen-bond acceptors (Lipinski definition) is 5. The predicted molar refractivity (Wildman–Crippen MR) is 113 cm³/mol. The summed E-state index contributed by atoms with van der Waals surface area (Å²) in [4.78, 5) is 11.8. The van der Waals surface area contributed by atoms with E-state index in [4.69, 9.17) is 14.7 Å². The van der Waals surface area contributed by atoms with Crippen LogP contribution in [0.15, 0.2) is 78.9 Å². The number of nitriles is 1. The fourth-order valence-electron chi connectivity index (χ4n) is 2.85. The van der Waals surface area contributed by atoms with Gasteiger partial charge in [0, 0.05) is 6.08 Å². The van der Waals surface area contributed by atoms with E-state index in [0.29, 0.717) is 39.9 Å². The molecule has 3 aromatic carbocycles. The highest BCUT2D eigenvalue weighted by atomic mass is 32.2. The second-order valence-corrected chi connectivity index (χ2v) is 7.62. The van der Waals surface area contributed by atoms with Crippen LogP contribution in [0.2, 0.25) is 0 Å². The van der Waals surface area contributed by atoms with Crippen LogP contribution in [0.1, 0.15) is 16.7 Å². The molecular formula is C23H16N2O4S. The Morgan fingerprint density at radius 3 is 2.33 bits per heavy atom. The van der Waals surface area contributed by atoms with E-state index in [-0.39, 0.29) is 5.91 Å². The van der Waals surface area contributed by atoms with Gasteiger partial charge in [-0.05, 0) is 59.7 Å². The van der Waals surface area contributed by atoms with Gasteiger partial charge in [0.2, 0.25) is 0 Å². The molecule has 148 valence electrons.